The third kappa shape index (κ3) is 2.92. The number of hydrogen-bond donors (Lipinski definition) is 2. The minimum Gasteiger partial charge on any atom is -0.346 e. The molecular formula is C16H20N4O. The molecule has 1 aromatic rings. The zero-order valence-corrected chi connectivity index (χ0v) is 12.0. The molecule has 1 amide bonds. The molecule has 2 atom stereocenters. The van der Waals surface area contributed by atoms with E-state index < -0.39 is 0 Å². The van der Waals surface area contributed by atoms with Crippen molar-refractivity contribution in [3.05, 3.63) is 29.6 Å². The Bertz CT molecular complexity index is 589. The number of rotatable bonds is 2. The first-order chi connectivity index (χ1) is 10.3. The normalized spacial score (nSPS) is 24.2. The topological polar surface area (TPSA) is 71.2 Å². The molecule has 3 rings (SSSR count). The third-order valence-electron chi connectivity index (χ3n) is 4.27. The fourth-order valence-electron chi connectivity index (χ4n) is 3.32. The van der Waals surface area contributed by atoms with E-state index in [0.717, 1.165) is 19.5 Å². The molecule has 2 unspecified atom stereocenters. The van der Waals surface area contributed by atoms with Crippen molar-refractivity contribution in [2.24, 2.45) is 5.73 Å². The van der Waals surface area contributed by atoms with Gasteiger partial charge in [0.1, 0.15) is 5.69 Å². The molecule has 5 heteroatoms. The molecule has 110 valence electrons. The van der Waals surface area contributed by atoms with Crippen LogP contribution in [0.15, 0.2) is 18.3 Å². The van der Waals surface area contributed by atoms with Crippen LogP contribution in [0.1, 0.15) is 35.3 Å². The van der Waals surface area contributed by atoms with Gasteiger partial charge in [-0.15, -0.1) is 0 Å². The van der Waals surface area contributed by atoms with E-state index in [-0.39, 0.29) is 18.5 Å². The number of nitrogens with one attached hydrogen (secondary N) is 1. The summed E-state index contributed by atoms with van der Waals surface area (Å²) in [6, 6.07) is 4.32. The molecule has 2 aliphatic heterocycles. The van der Waals surface area contributed by atoms with Crippen molar-refractivity contribution in [3.63, 3.8) is 0 Å². The number of nitrogens with zero attached hydrogens (tertiary/aromatic N) is 2. The zero-order valence-electron chi connectivity index (χ0n) is 12.0. The molecule has 5 nitrogen and oxygen atoms in total. The lowest BCUT2D eigenvalue weighted by Gasteiger charge is -2.21. The molecule has 3 heterocycles. The van der Waals surface area contributed by atoms with E-state index in [0.29, 0.717) is 17.3 Å². The van der Waals surface area contributed by atoms with Gasteiger partial charge in [-0.05, 0) is 37.9 Å². The highest BCUT2D eigenvalue weighted by molar-refractivity contribution is 5.95. The Morgan fingerprint density at radius 2 is 2.38 bits per heavy atom. The first kappa shape index (κ1) is 14.1. The molecule has 0 saturated carbocycles. The van der Waals surface area contributed by atoms with E-state index in [1.165, 1.54) is 12.8 Å². The lowest BCUT2D eigenvalue weighted by molar-refractivity contribution is 0.0924. The SMILES string of the molecule is NCC#Cc1cccnc1C(=O)NC1CCN2CCCC12. The lowest BCUT2D eigenvalue weighted by atomic mass is 10.1. The van der Waals surface area contributed by atoms with Crippen LogP contribution in [-0.4, -0.2) is 47.5 Å². The van der Waals surface area contributed by atoms with Crippen LogP contribution in [0.2, 0.25) is 0 Å². The second kappa shape index (κ2) is 6.25. The van der Waals surface area contributed by atoms with Crippen molar-refractivity contribution < 1.29 is 4.79 Å². The highest BCUT2D eigenvalue weighted by Gasteiger charge is 2.38. The lowest BCUT2D eigenvalue weighted by Crippen LogP contribution is -2.42. The van der Waals surface area contributed by atoms with Crippen LogP contribution in [0.4, 0.5) is 0 Å². The number of fused-ring (bicyclic) bond motifs is 1. The van der Waals surface area contributed by atoms with Crippen molar-refractivity contribution in [2.45, 2.75) is 31.3 Å². The number of hydrogen-bond acceptors (Lipinski definition) is 4. The van der Waals surface area contributed by atoms with Crippen LogP contribution in [-0.2, 0) is 0 Å². The summed E-state index contributed by atoms with van der Waals surface area (Å²) in [5.41, 5.74) is 6.43. The zero-order chi connectivity index (χ0) is 14.7. The molecule has 0 aromatic carbocycles. The molecular weight excluding hydrogens is 264 g/mol. The minimum absolute atomic E-state index is 0.129. The molecule has 0 bridgehead atoms. The highest BCUT2D eigenvalue weighted by atomic mass is 16.2. The number of aromatic nitrogens is 1. The summed E-state index contributed by atoms with van der Waals surface area (Å²) in [5, 5.41) is 3.14. The Kier molecular flexibility index (Phi) is 4.18. The van der Waals surface area contributed by atoms with Gasteiger partial charge in [0.15, 0.2) is 0 Å². The van der Waals surface area contributed by atoms with Gasteiger partial charge in [0.25, 0.3) is 5.91 Å². The van der Waals surface area contributed by atoms with Crippen LogP contribution < -0.4 is 11.1 Å². The Balaban J connectivity index is 1.74. The first-order valence-electron chi connectivity index (χ1n) is 7.48. The van der Waals surface area contributed by atoms with Crippen molar-refractivity contribution in [1.82, 2.24) is 15.2 Å². The summed E-state index contributed by atoms with van der Waals surface area (Å²) in [7, 11) is 0. The van der Waals surface area contributed by atoms with E-state index in [2.05, 4.69) is 27.0 Å². The standard InChI is InChI=1S/C16H20N4O/c17-8-1-4-12-5-2-9-18-15(12)16(21)19-13-7-11-20-10-3-6-14(13)20/h2,5,9,13-14H,3,6-8,10-11,17H2,(H,19,21). The van der Waals surface area contributed by atoms with Gasteiger partial charge < -0.3 is 11.1 Å². The number of pyridine rings is 1. The minimum atomic E-state index is -0.129. The Labute approximate surface area is 124 Å². The molecule has 1 aromatic heterocycles. The molecule has 2 aliphatic rings. The monoisotopic (exact) mass is 284 g/mol. The van der Waals surface area contributed by atoms with Crippen molar-refractivity contribution in [2.75, 3.05) is 19.6 Å². The van der Waals surface area contributed by atoms with Gasteiger partial charge in [0, 0.05) is 24.8 Å². The van der Waals surface area contributed by atoms with Gasteiger partial charge in [0.05, 0.1) is 12.1 Å². The molecule has 21 heavy (non-hydrogen) atoms. The van der Waals surface area contributed by atoms with E-state index >= 15 is 0 Å². The molecule has 3 N–H and O–H groups in total. The van der Waals surface area contributed by atoms with Gasteiger partial charge >= 0.3 is 0 Å². The second-order valence-electron chi connectivity index (χ2n) is 5.52. The van der Waals surface area contributed by atoms with Crippen molar-refractivity contribution in [3.8, 4) is 11.8 Å². The van der Waals surface area contributed by atoms with Gasteiger partial charge in [-0.1, -0.05) is 11.8 Å². The van der Waals surface area contributed by atoms with Gasteiger partial charge in [-0.3, -0.25) is 9.69 Å². The molecule has 0 radical (unpaired) electrons. The smallest absolute Gasteiger partial charge is 0.271 e. The summed E-state index contributed by atoms with van der Waals surface area (Å²) in [4.78, 5) is 19.1. The molecule has 2 saturated heterocycles. The third-order valence-corrected chi connectivity index (χ3v) is 4.27. The average Bonchev–Trinajstić information content (AvgIpc) is 3.10. The maximum atomic E-state index is 12.5. The Morgan fingerprint density at radius 3 is 3.24 bits per heavy atom. The Morgan fingerprint density at radius 1 is 1.48 bits per heavy atom. The first-order valence-corrected chi connectivity index (χ1v) is 7.48. The molecule has 2 fully saturated rings. The highest BCUT2D eigenvalue weighted by Crippen LogP contribution is 2.28. The number of carbonyl (C=O) groups excluding carboxylic acids is 1. The van der Waals surface area contributed by atoms with Crippen LogP contribution >= 0.6 is 0 Å². The second-order valence-corrected chi connectivity index (χ2v) is 5.52. The van der Waals surface area contributed by atoms with Crippen molar-refractivity contribution >= 4 is 5.91 Å². The van der Waals surface area contributed by atoms with E-state index in [9.17, 15) is 4.79 Å². The van der Waals surface area contributed by atoms with E-state index in [1.807, 2.05) is 0 Å². The number of carbonyl (C=O) groups is 1. The summed E-state index contributed by atoms with van der Waals surface area (Å²) < 4.78 is 0. The summed E-state index contributed by atoms with van der Waals surface area (Å²) in [5.74, 6) is 5.57. The predicted octanol–water partition coefficient (Wildman–Crippen LogP) is 0.358. The fourth-order valence-corrected chi connectivity index (χ4v) is 3.32. The van der Waals surface area contributed by atoms with E-state index in [4.69, 9.17) is 5.73 Å². The molecule has 0 aliphatic carbocycles. The van der Waals surface area contributed by atoms with Crippen molar-refractivity contribution in [1.29, 1.82) is 0 Å². The Hall–Kier alpha value is -1.90. The quantitative estimate of drug-likeness (QED) is 0.769. The largest absolute Gasteiger partial charge is 0.346 e. The van der Waals surface area contributed by atoms with Crippen LogP contribution in [0, 0.1) is 11.8 Å². The maximum absolute atomic E-state index is 12.5. The summed E-state index contributed by atoms with van der Waals surface area (Å²) in [6.07, 6.45) is 5.05. The van der Waals surface area contributed by atoms with Crippen LogP contribution in [0.5, 0.6) is 0 Å². The van der Waals surface area contributed by atoms with Gasteiger partial charge in [-0.2, -0.15) is 0 Å². The summed E-state index contributed by atoms with van der Waals surface area (Å²) in [6.45, 7) is 2.52. The number of nitrogens with two attached hydrogens (primary N) is 1. The maximum Gasteiger partial charge on any atom is 0.271 e. The van der Waals surface area contributed by atoms with E-state index in [1.54, 1.807) is 18.3 Å². The van der Waals surface area contributed by atoms with Gasteiger partial charge in [-0.25, -0.2) is 4.98 Å². The number of amides is 1. The fraction of sp³-hybridized carbons (Fsp3) is 0.500. The van der Waals surface area contributed by atoms with Crippen LogP contribution in [0.3, 0.4) is 0 Å². The predicted molar refractivity (Wildman–Crippen MR) is 80.6 cm³/mol. The van der Waals surface area contributed by atoms with Gasteiger partial charge in [0.2, 0.25) is 0 Å². The van der Waals surface area contributed by atoms with Crippen LogP contribution in [0.25, 0.3) is 0 Å². The average molecular weight is 284 g/mol. The summed E-state index contributed by atoms with van der Waals surface area (Å²) >= 11 is 0. The molecule has 0 spiro atoms.